The predicted molar refractivity (Wildman–Crippen MR) is 135 cm³/mol. The summed E-state index contributed by atoms with van der Waals surface area (Å²) in [6.45, 7) is 1.03. The third-order valence-electron chi connectivity index (χ3n) is 5.98. The van der Waals surface area contributed by atoms with Crippen LogP contribution in [0.25, 0.3) is 0 Å². The Labute approximate surface area is 210 Å². The maximum absolute atomic E-state index is 13.7. The molecule has 0 amide bonds. The van der Waals surface area contributed by atoms with Crippen molar-refractivity contribution in [1.82, 2.24) is 9.29 Å². The number of nitrogens with zero attached hydrogens (tertiary/aromatic N) is 3. The van der Waals surface area contributed by atoms with E-state index in [2.05, 4.69) is 4.98 Å². The van der Waals surface area contributed by atoms with Crippen molar-refractivity contribution in [2.45, 2.75) is 18.3 Å². The van der Waals surface area contributed by atoms with Crippen LogP contribution >= 0.6 is 11.6 Å². The Hall–Kier alpha value is -3.14. The number of aromatic nitrogens is 1. The highest BCUT2D eigenvalue weighted by Gasteiger charge is 2.41. The maximum atomic E-state index is 13.7. The number of hydrogen-bond donors (Lipinski definition) is 0. The number of hydrogen-bond acceptors (Lipinski definition) is 7. The summed E-state index contributed by atoms with van der Waals surface area (Å²) in [7, 11) is -0.465. The van der Waals surface area contributed by atoms with Crippen molar-refractivity contribution < 1.29 is 22.7 Å². The van der Waals surface area contributed by atoms with Crippen molar-refractivity contribution in [3.05, 3.63) is 82.5 Å². The van der Waals surface area contributed by atoms with Crippen LogP contribution < -0.4 is 14.4 Å². The molecule has 0 radical (unpaired) electrons. The zero-order valence-electron chi connectivity index (χ0n) is 19.4. The van der Waals surface area contributed by atoms with Crippen molar-refractivity contribution in [1.29, 1.82) is 0 Å². The van der Waals surface area contributed by atoms with E-state index in [0.717, 1.165) is 11.1 Å². The Morgan fingerprint density at radius 1 is 0.943 bits per heavy atom. The van der Waals surface area contributed by atoms with E-state index in [4.69, 9.17) is 21.1 Å². The van der Waals surface area contributed by atoms with Gasteiger partial charge in [-0.05, 0) is 47.5 Å². The number of carbonyl (C=O) groups is 1. The Balaban J connectivity index is 1.53. The van der Waals surface area contributed by atoms with E-state index in [9.17, 15) is 13.2 Å². The van der Waals surface area contributed by atoms with Crippen molar-refractivity contribution in [2.75, 3.05) is 32.2 Å². The van der Waals surface area contributed by atoms with Crippen LogP contribution in [0.15, 0.2) is 60.7 Å². The molecular weight excluding hydrogens is 490 g/mol. The van der Waals surface area contributed by atoms with E-state index in [0.29, 0.717) is 29.2 Å². The first-order valence-electron chi connectivity index (χ1n) is 11.0. The molecule has 1 aromatic heterocycles. The van der Waals surface area contributed by atoms with Crippen LogP contribution in [0, 0.1) is 0 Å². The second-order valence-corrected chi connectivity index (χ2v) is 10.8. The molecule has 3 aromatic rings. The molecule has 184 valence electrons. The molecule has 8 nitrogen and oxygen atoms in total. The molecule has 0 unspecified atom stereocenters. The first kappa shape index (κ1) is 25.0. The summed E-state index contributed by atoms with van der Waals surface area (Å²) in [5.41, 5.74) is 2.01. The summed E-state index contributed by atoms with van der Waals surface area (Å²) in [4.78, 5) is 17.0. The first-order chi connectivity index (χ1) is 16.8. The lowest BCUT2D eigenvalue weighted by molar-refractivity contribution is 0.112. The number of anilines is 1. The number of rotatable bonds is 10. The van der Waals surface area contributed by atoms with Gasteiger partial charge in [0.1, 0.15) is 27.7 Å². The largest absolute Gasteiger partial charge is 0.497 e. The van der Waals surface area contributed by atoms with E-state index in [-0.39, 0.29) is 31.3 Å². The van der Waals surface area contributed by atoms with E-state index in [1.165, 1.54) is 4.31 Å². The molecule has 4 rings (SSSR count). The molecule has 2 aromatic carbocycles. The molecule has 0 aliphatic carbocycles. The fraction of sp³-hybridized carbons (Fsp3) is 0.280. The quantitative estimate of drug-likeness (QED) is 0.300. The monoisotopic (exact) mass is 515 g/mol. The van der Waals surface area contributed by atoms with Crippen LogP contribution in [0.5, 0.6) is 11.5 Å². The number of aldehydes is 1. The van der Waals surface area contributed by atoms with Crippen LogP contribution in [-0.4, -0.2) is 56.6 Å². The van der Waals surface area contributed by atoms with Crippen molar-refractivity contribution in [2.24, 2.45) is 0 Å². The highest BCUT2D eigenvalue weighted by Crippen LogP contribution is 2.29. The van der Waals surface area contributed by atoms with E-state index in [1.54, 1.807) is 26.4 Å². The van der Waals surface area contributed by atoms with E-state index >= 15 is 0 Å². The number of pyridine rings is 1. The zero-order valence-corrected chi connectivity index (χ0v) is 21.0. The summed E-state index contributed by atoms with van der Waals surface area (Å²) >= 11 is 6.04. The number of ether oxygens (including phenoxy) is 2. The SMILES string of the molecule is COc1ccc(CN(Cc2ccc(OC)cc2)S(=O)(=O)C2CN(c3ccc(C=O)c(Cl)n3)C2)cc1. The van der Waals surface area contributed by atoms with Gasteiger partial charge in [0.05, 0.1) is 19.8 Å². The predicted octanol–water partition coefficient (Wildman–Crippen LogP) is 3.79. The topological polar surface area (TPSA) is 89.0 Å². The highest BCUT2D eigenvalue weighted by atomic mass is 35.5. The normalized spacial score (nSPS) is 14.0. The standard InChI is InChI=1S/C25H26ClN3O5S/c1-33-21-8-3-18(4-9-21)13-29(14-19-5-10-22(34-2)11-6-19)35(31,32)23-15-28(16-23)24-12-7-20(17-30)25(26)27-24/h3-12,17,23H,13-16H2,1-2H3. The van der Waals surface area contributed by atoms with E-state index in [1.807, 2.05) is 53.4 Å². The fourth-order valence-electron chi connectivity index (χ4n) is 3.83. The van der Waals surface area contributed by atoms with Crippen LogP contribution in [0.4, 0.5) is 5.82 Å². The van der Waals surface area contributed by atoms with Gasteiger partial charge in [0.25, 0.3) is 0 Å². The third kappa shape index (κ3) is 5.58. The number of sulfonamides is 1. The van der Waals surface area contributed by atoms with Gasteiger partial charge in [-0.1, -0.05) is 35.9 Å². The molecule has 35 heavy (non-hydrogen) atoms. The molecule has 1 aliphatic rings. The summed E-state index contributed by atoms with van der Waals surface area (Å²) in [6.07, 6.45) is 0.638. The molecule has 0 N–H and O–H groups in total. The number of methoxy groups -OCH3 is 2. The smallest absolute Gasteiger partial charge is 0.221 e. The Bertz CT molecular complexity index is 1230. The minimum atomic E-state index is -3.64. The Morgan fingerprint density at radius 3 is 1.89 bits per heavy atom. The van der Waals surface area contributed by atoms with Gasteiger partial charge in [-0.25, -0.2) is 13.4 Å². The number of halogens is 1. The Morgan fingerprint density at radius 2 is 1.46 bits per heavy atom. The maximum Gasteiger partial charge on any atom is 0.221 e. The Kier molecular flexibility index (Phi) is 7.59. The molecule has 0 saturated carbocycles. The molecule has 0 bridgehead atoms. The summed E-state index contributed by atoms with van der Waals surface area (Å²) in [5.74, 6) is 1.96. The third-order valence-corrected chi connectivity index (χ3v) is 8.40. The van der Waals surface area contributed by atoms with Gasteiger partial charge in [-0.15, -0.1) is 0 Å². The molecule has 1 aliphatic heterocycles. The van der Waals surface area contributed by atoms with Crippen LogP contribution in [0.2, 0.25) is 5.15 Å². The zero-order chi connectivity index (χ0) is 25.0. The van der Waals surface area contributed by atoms with Crippen LogP contribution in [0.3, 0.4) is 0 Å². The van der Waals surface area contributed by atoms with Gasteiger partial charge in [0, 0.05) is 26.2 Å². The van der Waals surface area contributed by atoms with Gasteiger partial charge in [-0.2, -0.15) is 4.31 Å². The lowest BCUT2D eigenvalue weighted by atomic mass is 10.2. The molecule has 0 spiro atoms. The van der Waals surface area contributed by atoms with Gasteiger partial charge in [-0.3, -0.25) is 4.79 Å². The number of benzene rings is 2. The molecule has 1 fully saturated rings. The fourth-order valence-corrected chi connectivity index (χ4v) is 5.84. The van der Waals surface area contributed by atoms with Crippen molar-refractivity contribution >= 4 is 33.7 Å². The molecule has 1 saturated heterocycles. The van der Waals surface area contributed by atoms with Crippen molar-refractivity contribution in [3.8, 4) is 11.5 Å². The summed E-state index contributed by atoms with van der Waals surface area (Å²) < 4.78 is 39.3. The van der Waals surface area contributed by atoms with Gasteiger partial charge >= 0.3 is 0 Å². The van der Waals surface area contributed by atoms with Gasteiger partial charge in [0.15, 0.2) is 6.29 Å². The first-order valence-corrected chi connectivity index (χ1v) is 12.8. The average Bonchev–Trinajstić information content (AvgIpc) is 2.83. The summed E-state index contributed by atoms with van der Waals surface area (Å²) in [5, 5.41) is -0.491. The average molecular weight is 516 g/mol. The van der Waals surface area contributed by atoms with Gasteiger partial charge in [0.2, 0.25) is 10.0 Å². The summed E-state index contributed by atoms with van der Waals surface area (Å²) in [6, 6.07) is 18.0. The second kappa shape index (κ2) is 10.6. The molecule has 0 atom stereocenters. The highest BCUT2D eigenvalue weighted by molar-refractivity contribution is 7.89. The minimum absolute atomic E-state index is 0.101. The molecule has 10 heteroatoms. The lowest BCUT2D eigenvalue weighted by Gasteiger charge is -2.41. The minimum Gasteiger partial charge on any atom is -0.497 e. The molecular formula is C25H26ClN3O5S. The van der Waals surface area contributed by atoms with Crippen LogP contribution in [-0.2, 0) is 23.1 Å². The van der Waals surface area contributed by atoms with Crippen molar-refractivity contribution in [3.63, 3.8) is 0 Å². The number of carbonyl (C=O) groups excluding carboxylic acids is 1. The van der Waals surface area contributed by atoms with Gasteiger partial charge < -0.3 is 14.4 Å². The second-order valence-electron chi connectivity index (χ2n) is 8.20. The molecule has 2 heterocycles. The lowest BCUT2D eigenvalue weighted by Crippen LogP contribution is -2.58. The van der Waals surface area contributed by atoms with Crippen LogP contribution in [0.1, 0.15) is 21.5 Å². The van der Waals surface area contributed by atoms with E-state index < -0.39 is 15.3 Å².